The Labute approximate surface area is 104 Å². The molecule has 0 unspecified atom stereocenters. The lowest BCUT2D eigenvalue weighted by Crippen LogP contribution is -2.46. The fourth-order valence-corrected chi connectivity index (χ4v) is 4.13. The number of hydrogen-bond acceptors (Lipinski definition) is 2. The molecule has 1 aliphatic carbocycles. The van der Waals surface area contributed by atoms with Crippen LogP contribution in [0.2, 0.25) is 0 Å². The highest BCUT2D eigenvalue weighted by Crippen LogP contribution is 2.27. The Morgan fingerprint density at radius 3 is 2.38 bits per heavy atom. The lowest BCUT2D eigenvalue weighted by atomic mass is 9.93. The van der Waals surface area contributed by atoms with Crippen molar-refractivity contribution in [2.45, 2.75) is 45.6 Å². The Bertz CT molecular complexity index is 299. The molecule has 1 aliphatic rings. The molecule has 0 N–H and O–H groups in total. The maximum Gasteiger partial charge on any atom is 0.214 e. The maximum atomic E-state index is 12.1. The molecule has 1 saturated carbocycles. The van der Waals surface area contributed by atoms with Gasteiger partial charge in [-0.1, -0.05) is 20.3 Å². The number of rotatable bonds is 7. The molecule has 0 bridgehead atoms. The first-order valence-electron chi connectivity index (χ1n) is 6.03. The molecule has 0 aromatic carbocycles. The van der Waals surface area contributed by atoms with Gasteiger partial charge in [-0.15, -0.1) is 11.6 Å². The summed E-state index contributed by atoms with van der Waals surface area (Å²) >= 11 is 5.68. The zero-order chi connectivity index (χ0) is 12.2. The summed E-state index contributed by atoms with van der Waals surface area (Å²) in [6, 6.07) is 0.218. The molecule has 0 radical (unpaired) electrons. The monoisotopic (exact) mass is 267 g/mol. The Hall–Kier alpha value is 0.200. The van der Waals surface area contributed by atoms with Crippen molar-refractivity contribution in [3.8, 4) is 0 Å². The third kappa shape index (κ3) is 3.90. The summed E-state index contributed by atoms with van der Waals surface area (Å²) in [4.78, 5) is 0. The molecule has 0 saturated heterocycles. The fraction of sp³-hybridized carbons (Fsp3) is 1.00. The van der Waals surface area contributed by atoms with E-state index in [1.807, 2.05) is 13.8 Å². The Balaban J connectivity index is 2.60. The number of halogens is 1. The predicted molar refractivity (Wildman–Crippen MR) is 68.3 cm³/mol. The standard InChI is InChI=1S/C11H22ClNO2S/c1-10(2)6-9-16(14,15)13(8-7-12)11-4-3-5-11/h10-11H,3-9H2,1-2H3. The number of hydrogen-bond donors (Lipinski definition) is 0. The summed E-state index contributed by atoms with van der Waals surface area (Å²) in [7, 11) is -3.09. The van der Waals surface area contributed by atoms with Gasteiger partial charge in [-0.05, 0) is 25.2 Å². The van der Waals surface area contributed by atoms with Crippen molar-refractivity contribution < 1.29 is 8.42 Å². The summed E-state index contributed by atoms with van der Waals surface area (Å²) in [5, 5.41) is 0. The highest BCUT2D eigenvalue weighted by Gasteiger charge is 2.32. The molecule has 16 heavy (non-hydrogen) atoms. The summed E-state index contributed by atoms with van der Waals surface area (Å²) in [5.74, 6) is 1.07. The minimum atomic E-state index is -3.09. The average molecular weight is 268 g/mol. The first kappa shape index (κ1) is 14.3. The van der Waals surface area contributed by atoms with Crippen LogP contribution in [0.5, 0.6) is 0 Å². The molecular weight excluding hydrogens is 246 g/mol. The second-order valence-electron chi connectivity index (χ2n) is 4.88. The van der Waals surface area contributed by atoms with E-state index in [1.54, 1.807) is 4.31 Å². The van der Waals surface area contributed by atoms with Crippen LogP contribution in [-0.2, 0) is 10.0 Å². The highest BCUT2D eigenvalue weighted by atomic mass is 35.5. The predicted octanol–water partition coefficient (Wildman–Crippen LogP) is 2.46. The largest absolute Gasteiger partial charge is 0.214 e. The van der Waals surface area contributed by atoms with Gasteiger partial charge in [0.15, 0.2) is 0 Å². The van der Waals surface area contributed by atoms with E-state index >= 15 is 0 Å². The van der Waals surface area contributed by atoms with Gasteiger partial charge < -0.3 is 0 Å². The molecule has 0 aromatic rings. The van der Waals surface area contributed by atoms with Gasteiger partial charge in [0.05, 0.1) is 5.75 Å². The molecule has 0 atom stereocenters. The lowest BCUT2D eigenvalue weighted by molar-refractivity contribution is 0.227. The average Bonchev–Trinajstić information content (AvgIpc) is 2.11. The van der Waals surface area contributed by atoms with E-state index in [0.29, 0.717) is 18.3 Å². The van der Waals surface area contributed by atoms with Crippen LogP contribution in [0.1, 0.15) is 39.5 Å². The number of nitrogens with zero attached hydrogens (tertiary/aromatic N) is 1. The zero-order valence-corrected chi connectivity index (χ0v) is 11.7. The van der Waals surface area contributed by atoms with Crippen LogP contribution in [0, 0.1) is 5.92 Å². The van der Waals surface area contributed by atoms with Crippen molar-refractivity contribution in [1.82, 2.24) is 4.31 Å². The Morgan fingerprint density at radius 2 is 2.00 bits per heavy atom. The summed E-state index contributed by atoms with van der Waals surface area (Å²) in [6.07, 6.45) is 3.87. The highest BCUT2D eigenvalue weighted by molar-refractivity contribution is 7.89. The zero-order valence-electron chi connectivity index (χ0n) is 10.2. The molecule has 0 spiro atoms. The van der Waals surface area contributed by atoms with E-state index in [0.717, 1.165) is 25.7 Å². The minimum absolute atomic E-state index is 0.218. The maximum absolute atomic E-state index is 12.1. The van der Waals surface area contributed by atoms with E-state index in [1.165, 1.54) is 0 Å². The van der Waals surface area contributed by atoms with Gasteiger partial charge in [0.2, 0.25) is 10.0 Å². The minimum Gasteiger partial charge on any atom is -0.212 e. The van der Waals surface area contributed by atoms with E-state index in [-0.39, 0.29) is 11.8 Å². The lowest BCUT2D eigenvalue weighted by Gasteiger charge is -2.36. The summed E-state index contributed by atoms with van der Waals surface area (Å²) in [6.45, 7) is 4.56. The fourth-order valence-electron chi connectivity index (χ4n) is 1.81. The molecule has 5 heteroatoms. The first-order chi connectivity index (χ1) is 7.47. The third-order valence-corrected chi connectivity index (χ3v) is 5.21. The van der Waals surface area contributed by atoms with Crippen molar-refractivity contribution in [1.29, 1.82) is 0 Å². The molecular formula is C11H22ClNO2S. The molecule has 0 aromatic heterocycles. The van der Waals surface area contributed by atoms with Gasteiger partial charge in [-0.2, -0.15) is 4.31 Å². The third-order valence-electron chi connectivity index (χ3n) is 3.10. The van der Waals surface area contributed by atoms with Crippen LogP contribution >= 0.6 is 11.6 Å². The van der Waals surface area contributed by atoms with E-state index in [4.69, 9.17) is 11.6 Å². The van der Waals surface area contributed by atoms with Crippen LogP contribution in [0.4, 0.5) is 0 Å². The van der Waals surface area contributed by atoms with Crippen molar-refractivity contribution in [3.05, 3.63) is 0 Å². The van der Waals surface area contributed by atoms with E-state index in [9.17, 15) is 8.42 Å². The van der Waals surface area contributed by atoms with Crippen LogP contribution in [0.15, 0.2) is 0 Å². The molecule has 3 nitrogen and oxygen atoms in total. The molecule has 0 heterocycles. The summed E-state index contributed by atoms with van der Waals surface area (Å²) < 4.78 is 25.9. The smallest absolute Gasteiger partial charge is 0.212 e. The Morgan fingerprint density at radius 1 is 1.38 bits per heavy atom. The van der Waals surface area contributed by atoms with Gasteiger partial charge in [-0.3, -0.25) is 0 Å². The van der Waals surface area contributed by atoms with Crippen LogP contribution in [0.25, 0.3) is 0 Å². The Kier molecular flexibility index (Phi) is 5.54. The number of alkyl halides is 1. The van der Waals surface area contributed by atoms with E-state index < -0.39 is 10.0 Å². The quantitative estimate of drug-likeness (QED) is 0.665. The molecule has 1 rings (SSSR count). The SMILES string of the molecule is CC(C)CCS(=O)(=O)N(CCCl)C1CCC1. The second kappa shape index (κ2) is 6.22. The van der Waals surface area contributed by atoms with Gasteiger partial charge in [0.1, 0.15) is 0 Å². The molecule has 0 aliphatic heterocycles. The topological polar surface area (TPSA) is 37.4 Å². The van der Waals surface area contributed by atoms with Crippen LogP contribution in [-0.4, -0.2) is 36.9 Å². The van der Waals surface area contributed by atoms with Crippen molar-refractivity contribution in [2.75, 3.05) is 18.2 Å². The van der Waals surface area contributed by atoms with Crippen molar-refractivity contribution in [3.63, 3.8) is 0 Å². The van der Waals surface area contributed by atoms with Gasteiger partial charge in [-0.25, -0.2) is 8.42 Å². The van der Waals surface area contributed by atoms with Crippen molar-refractivity contribution >= 4 is 21.6 Å². The van der Waals surface area contributed by atoms with Crippen LogP contribution in [0.3, 0.4) is 0 Å². The first-order valence-corrected chi connectivity index (χ1v) is 8.17. The summed E-state index contributed by atoms with van der Waals surface area (Å²) in [5.41, 5.74) is 0. The normalized spacial score (nSPS) is 18.1. The molecule has 96 valence electrons. The molecule has 1 fully saturated rings. The van der Waals surface area contributed by atoms with E-state index in [2.05, 4.69) is 0 Å². The van der Waals surface area contributed by atoms with Crippen LogP contribution < -0.4 is 0 Å². The molecule has 0 amide bonds. The van der Waals surface area contributed by atoms with Gasteiger partial charge >= 0.3 is 0 Å². The van der Waals surface area contributed by atoms with Crippen molar-refractivity contribution in [2.24, 2.45) is 5.92 Å². The number of sulfonamides is 1. The van der Waals surface area contributed by atoms with Gasteiger partial charge in [0.25, 0.3) is 0 Å². The second-order valence-corrected chi connectivity index (χ2v) is 7.30. The van der Waals surface area contributed by atoms with Gasteiger partial charge in [0, 0.05) is 18.5 Å².